The quantitative estimate of drug-likeness (QED) is 0.732. The fraction of sp³-hybridized carbons (Fsp3) is 0.368. The Balaban J connectivity index is 2.10. The smallest absolute Gasteiger partial charge is 0.144 e. The molecule has 126 valence electrons. The van der Waals surface area contributed by atoms with Gasteiger partial charge in [0, 0.05) is 28.9 Å². The molecule has 5 heteroatoms. The number of aryl methyl sites for hydroxylation is 2. The molecule has 0 atom stereocenters. The van der Waals surface area contributed by atoms with Gasteiger partial charge in [0.15, 0.2) is 0 Å². The van der Waals surface area contributed by atoms with Crippen LogP contribution in [0.2, 0.25) is 0 Å². The predicted octanol–water partition coefficient (Wildman–Crippen LogP) is 3.25. The van der Waals surface area contributed by atoms with Crippen molar-refractivity contribution in [2.24, 2.45) is 0 Å². The zero-order valence-corrected chi connectivity index (χ0v) is 14.9. The number of anilines is 1. The second-order valence-corrected chi connectivity index (χ2v) is 6.57. The van der Waals surface area contributed by atoms with E-state index < -0.39 is 0 Å². The van der Waals surface area contributed by atoms with Gasteiger partial charge in [-0.15, -0.1) is 0 Å². The van der Waals surface area contributed by atoms with Gasteiger partial charge in [-0.05, 0) is 58.6 Å². The predicted molar refractivity (Wildman–Crippen MR) is 100 cm³/mol. The normalized spacial score (nSPS) is 11.5. The Morgan fingerprint density at radius 2 is 1.96 bits per heavy atom. The summed E-state index contributed by atoms with van der Waals surface area (Å²) in [4.78, 5) is 11.3. The molecule has 24 heavy (non-hydrogen) atoms. The van der Waals surface area contributed by atoms with E-state index >= 15 is 0 Å². The third kappa shape index (κ3) is 2.99. The average Bonchev–Trinajstić information content (AvgIpc) is 2.79. The lowest BCUT2D eigenvalue weighted by atomic mass is 10.1. The molecule has 0 aliphatic rings. The summed E-state index contributed by atoms with van der Waals surface area (Å²) >= 11 is 0. The van der Waals surface area contributed by atoms with Gasteiger partial charge in [-0.1, -0.05) is 12.1 Å². The van der Waals surface area contributed by atoms with Crippen molar-refractivity contribution in [3.8, 4) is 11.3 Å². The maximum Gasteiger partial charge on any atom is 0.144 e. The number of benzene rings is 1. The van der Waals surface area contributed by atoms with E-state index in [1.165, 1.54) is 11.3 Å². The molecular formula is C19H25N5. The first-order chi connectivity index (χ1) is 11.5. The topological polar surface area (TPSA) is 60.0 Å². The summed E-state index contributed by atoms with van der Waals surface area (Å²) in [5.74, 6) is 0. The Hall–Kier alpha value is -2.40. The van der Waals surface area contributed by atoms with E-state index in [9.17, 15) is 0 Å². The highest BCUT2D eigenvalue weighted by atomic mass is 15.1. The number of nitrogens with two attached hydrogens (primary N) is 1. The minimum atomic E-state index is 0.749. The van der Waals surface area contributed by atoms with Crippen LogP contribution in [0.15, 0.2) is 30.6 Å². The number of fused-ring (bicyclic) bond motifs is 1. The summed E-state index contributed by atoms with van der Waals surface area (Å²) in [7, 11) is 4.21. The SMILES string of the molecule is Cc1c(C)n(CCCN(C)C)c2ncnc(-c3cccc(N)c3)c12. The molecule has 3 aromatic rings. The largest absolute Gasteiger partial charge is 0.399 e. The first-order valence-electron chi connectivity index (χ1n) is 8.30. The lowest BCUT2D eigenvalue weighted by molar-refractivity contribution is 0.387. The summed E-state index contributed by atoms with van der Waals surface area (Å²) in [5.41, 5.74) is 12.2. The molecule has 0 bridgehead atoms. The highest BCUT2D eigenvalue weighted by Gasteiger charge is 2.17. The van der Waals surface area contributed by atoms with Crippen LogP contribution < -0.4 is 5.73 Å². The molecular weight excluding hydrogens is 298 g/mol. The van der Waals surface area contributed by atoms with Crippen LogP contribution in [-0.4, -0.2) is 40.1 Å². The summed E-state index contributed by atoms with van der Waals surface area (Å²) < 4.78 is 2.31. The summed E-state index contributed by atoms with van der Waals surface area (Å²) in [6, 6.07) is 7.89. The Morgan fingerprint density at radius 1 is 1.17 bits per heavy atom. The van der Waals surface area contributed by atoms with Gasteiger partial charge in [-0.3, -0.25) is 0 Å². The van der Waals surface area contributed by atoms with Gasteiger partial charge in [0.2, 0.25) is 0 Å². The number of hydrogen-bond donors (Lipinski definition) is 1. The van der Waals surface area contributed by atoms with Crippen LogP contribution in [0, 0.1) is 13.8 Å². The third-order valence-corrected chi connectivity index (χ3v) is 4.55. The van der Waals surface area contributed by atoms with Crippen molar-refractivity contribution < 1.29 is 0 Å². The summed E-state index contributed by atoms with van der Waals surface area (Å²) in [6.45, 7) is 6.34. The van der Waals surface area contributed by atoms with Crippen molar-refractivity contribution >= 4 is 16.7 Å². The lowest BCUT2D eigenvalue weighted by Crippen LogP contribution is -2.15. The number of aromatic nitrogens is 3. The van der Waals surface area contributed by atoms with E-state index in [0.29, 0.717) is 0 Å². The molecule has 0 amide bonds. The minimum absolute atomic E-state index is 0.749. The molecule has 2 N–H and O–H groups in total. The highest BCUT2D eigenvalue weighted by Crippen LogP contribution is 2.32. The zero-order valence-electron chi connectivity index (χ0n) is 14.9. The number of nitrogens with zero attached hydrogens (tertiary/aromatic N) is 4. The molecule has 0 unspecified atom stereocenters. The number of nitrogen functional groups attached to an aromatic ring is 1. The molecule has 0 aliphatic carbocycles. The molecule has 0 aliphatic heterocycles. The number of rotatable bonds is 5. The second-order valence-electron chi connectivity index (χ2n) is 6.57. The minimum Gasteiger partial charge on any atom is -0.399 e. The molecule has 0 saturated carbocycles. The monoisotopic (exact) mass is 323 g/mol. The zero-order chi connectivity index (χ0) is 17.3. The van der Waals surface area contributed by atoms with Crippen LogP contribution in [0.5, 0.6) is 0 Å². The van der Waals surface area contributed by atoms with E-state index in [2.05, 4.69) is 53.4 Å². The van der Waals surface area contributed by atoms with Crippen molar-refractivity contribution in [1.82, 2.24) is 19.4 Å². The van der Waals surface area contributed by atoms with Gasteiger partial charge >= 0.3 is 0 Å². The van der Waals surface area contributed by atoms with Gasteiger partial charge in [0.25, 0.3) is 0 Å². The van der Waals surface area contributed by atoms with E-state index in [1.54, 1.807) is 6.33 Å². The maximum atomic E-state index is 5.95. The second kappa shape index (κ2) is 6.61. The molecule has 0 saturated heterocycles. The first-order valence-corrected chi connectivity index (χ1v) is 8.30. The fourth-order valence-electron chi connectivity index (χ4n) is 3.19. The van der Waals surface area contributed by atoms with E-state index in [4.69, 9.17) is 5.73 Å². The molecule has 2 heterocycles. The van der Waals surface area contributed by atoms with Crippen molar-refractivity contribution in [1.29, 1.82) is 0 Å². The van der Waals surface area contributed by atoms with E-state index in [0.717, 1.165) is 47.5 Å². The van der Waals surface area contributed by atoms with Crippen LogP contribution in [0.1, 0.15) is 17.7 Å². The average molecular weight is 323 g/mol. The van der Waals surface area contributed by atoms with Crippen LogP contribution in [0.3, 0.4) is 0 Å². The fourth-order valence-corrected chi connectivity index (χ4v) is 3.19. The number of hydrogen-bond acceptors (Lipinski definition) is 4. The van der Waals surface area contributed by atoms with Crippen LogP contribution in [-0.2, 0) is 6.54 Å². The Labute approximate surface area is 143 Å². The summed E-state index contributed by atoms with van der Waals surface area (Å²) in [6.07, 6.45) is 2.75. The van der Waals surface area contributed by atoms with E-state index in [-0.39, 0.29) is 0 Å². The highest BCUT2D eigenvalue weighted by molar-refractivity contribution is 5.95. The lowest BCUT2D eigenvalue weighted by Gasteiger charge is -2.11. The molecule has 0 fully saturated rings. The Morgan fingerprint density at radius 3 is 2.67 bits per heavy atom. The van der Waals surface area contributed by atoms with Crippen LogP contribution >= 0.6 is 0 Å². The molecule has 0 radical (unpaired) electrons. The molecule has 5 nitrogen and oxygen atoms in total. The first kappa shape index (κ1) is 16.5. The van der Waals surface area contributed by atoms with Gasteiger partial charge in [-0.2, -0.15) is 0 Å². The standard InChI is InChI=1S/C19H25N5/c1-13-14(2)24(10-6-9-23(3)4)19-17(13)18(21-12-22-19)15-7-5-8-16(20)11-15/h5,7-8,11-12H,6,9-10,20H2,1-4H3. The van der Waals surface area contributed by atoms with Crippen molar-refractivity contribution in [3.05, 3.63) is 41.9 Å². The van der Waals surface area contributed by atoms with Gasteiger partial charge < -0.3 is 15.2 Å². The summed E-state index contributed by atoms with van der Waals surface area (Å²) in [5, 5.41) is 1.13. The molecule has 3 rings (SSSR count). The molecule has 0 spiro atoms. The van der Waals surface area contributed by atoms with Crippen molar-refractivity contribution in [2.45, 2.75) is 26.8 Å². The van der Waals surface area contributed by atoms with Crippen molar-refractivity contribution in [2.75, 3.05) is 26.4 Å². The Kier molecular flexibility index (Phi) is 4.53. The molecule has 1 aromatic carbocycles. The molecule has 2 aromatic heterocycles. The van der Waals surface area contributed by atoms with Gasteiger partial charge in [0.05, 0.1) is 5.69 Å². The van der Waals surface area contributed by atoms with Gasteiger partial charge in [0.1, 0.15) is 12.0 Å². The van der Waals surface area contributed by atoms with Gasteiger partial charge in [-0.25, -0.2) is 9.97 Å². The Bertz CT molecular complexity index is 864. The third-order valence-electron chi connectivity index (χ3n) is 4.55. The van der Waals surface area contributed by atoms with Crippen LogP contribution in [0.25, 0.3) is 22.3 Å². The van der Waals surface area contributed by atoms with Crippen LogP contribution in [0.4, 0.5) is 5.69 Å². The van der Waals surface area contributed by atoms with E-state index in [1.807, 2.05) is 18.2 Å². The van der Waals surface area contributed by atoms with Crippen molar-refractivity contribution in [3.63, 3.8) is 0 Å². The maximum absolute atomic E-state index is 5.95.